The Morgan fingerprint density at radius 2 is 1.12 bits per heavy atom. The Labute approximate surface area is 247 Å². The van der Waals surface area contributed by atoms with Crippen LogP contribution >= 0.6 is 0 Å². The van der Waals surface area contributed by atoms with Gasteiger partial charge < -0.3 is 15.5 Å². The van der Waals surface area contributed by atoms with Crippen LogP contribution in [0.4, 0.5) is 0 Å². The zero-order valence-electron chi connectivity index (χ0n) is 25.8. The summed E-state index contributed by atoms with van der Waals surface area (Å²) in [5, 5.41) is 22.7. The van der Waals surface area contributed by atoms with Gasteiger partial charge in [-0.3, -0.25) is 4.79 Å². The highest BCUT2D eigenvalue weighted by atomic mass is 16.3. The molecule has 1 amide bonds. The molecule has 0 aromatic carbocycles. The molecule has 40 heavy (non-hydrogen) atoms. The second-order valence-electron chi connectivity index (χ2n) is 10.5. The average molecular weight is 556 g/mol. The molecule has 0 saturated carbocycles. The summed E-state index contributed by atoms with van der Waals surface area (Å²) in [6.07, 6.45) is 44.0. The predicted octanol–water partition coefficient (Wildman–Crippen LogP) is 9.22. The summed E-state index contributed by atoms with van der Waals surface area (Å²) in [5.41, 5.74) is 0. The van der Waals surface area contributed by atoms with Crippen molar-refractivity contribution in [3.63, 3.8) is 0 Å². The molecular formula is C36H61NO3. The van der Waals surface area contributed by atoms with Crippen LogP contribution < -0.4 is 5.32 Å². The largest absolute Gasteiger partial charge is 0.394 e. The van der Waals surface area contributed by atoms with Crippen LogP contribution in [0.25, 0.3) is 0 Å². The van der Waals surface area contributed by atoms with Gasteiger partial charge in [-0.25, -0.2) is 0 Å². The van der Waals surface area contributed by atoms with Crippen molar-refractivity contribution in [2.24, 2.45) is 0 Å². The van der Waals surface area contributed by atoms with Crippen molar-refractivity contribution in [2.45, 2.75) is 142 Å². The minimum absolute atomic E-state index is 0.113. The molecule has 0 fully saturated rings. The summed E-state index contributed by atoms with van der Waals surface area (Å²) in [6, 6.07) is -0.661. The van der Waals surface area contributed by atoms with Crippen molar-refractivity contribution in [3.8, 4) is 0 Å². The summed E-state index contributed by atoms with van der Waals surface area (Å²) in [7, 11) is 0. The van der Waals surface area contributed by atoms with E-state index in [2.05, 4.69) is 79.9 Å². The number of rotatable bonds is 27. The molecule has 2 atom stereocenters. The monoisotopic (exact) mass is 555 g/mol. The van der Waals surface area contributed by atoms with Gasteiger partial charge in [0.25, 0.3) is 0 Å². The van der Waals surface area contributed by atoms with E-state index in [4.69, 9.17) is 0 Å². The zero-order valence-corrected chi connectivity index (χ0v) is 25.8. The van der Waals surface area contributed by atoms with Gasteiger partial charge in [-0.2, -0.15) is 0 Å². The van der Waals surface area contributed by atoms with E-state index in [-0.39, 0.29) is 12.5 Å². The van der Waals surface area contributed by atoms with Crippen molar-refractivity contribution < 1.29 is 15.0 Å². The van der Waals surface area contributed by atoms with E-state index in [1.807, 2.05) is 6.08 Å². The molecule has 0 radical (unpaired) electrons. The van der Waals surface area contributed by atoms with Crippen LogP contribution in [0.3, 0.4) is 0 Å². The Hall–Kier alpha value is -2.17. The summed E-state index contributed by atoms with van der Waals surface area (Å²) in [4.78, 5) is 12.2. The molecule has 0 aliphatic heterocycles. The van der Waals surface area contributed by atoms with Crippen LogP contribution in [0, 0.1) is 0 Å². The van der Waals surface area contributed by atoms with Crippen molar-refractivity contribution in [3.05, 3.63) is 72.9 Å². The van der Waals surface area contributed by atoms with Crippen LogP contribution in [0.2, 0.25) is 0 Å². The molecule has 0 aromatic heterocycles. The first kappa shape index (κ1) is 37.8. The highest BCUT2D eigenvalue weighted by Crippen LogP contribution is 2.07. The minimum atomic E-state index is -0.883. The van der Waals surface area contributed by atoms with E-state index < -0.39 is 12.1 Å². The Bertz CT molecular complexity index is 732. The average Bonchev–Trinajstić information content (AvgIpc) is 2.96. The van der Waals surface area contributed by atoms with E-state index in [1.165, 1.54) is 38.5 Å². The quantitative estimate of drug-likeness (QED) is 0.0699. The number of allylic oxidation sites excluding steroid dienone is 11. The normalized spacial score (nSPS) is 14.2. The van der Waals surface area contributed by atoms with Gasteiger partial charge in [0.1, 0.15) is 0 Å². The number of hydrogen-bond acceptors (Lipinski definition) is 3. The molecule has 3 N–H and O–H groups in total. The van der Waals surface area contributed by atoms with E-state index in [0.717, 1.165) is 70.6 Å². The van der Waals surface area contributed by atoms with Crippen LogP contribution in [0.15, 0.2) is 72.9 Å². The number of amides is 1. The van der Waals surface area contributed by atoms with E-state index in [0.29, 0.717) is 6.42 Å². The van der Waals surface area contributed by atoms with Gasteiger partial charge in [-0.1, -0.05) is 119 Å². The topological polar surface area (TPSA) is 69.6 Å². The second-order valence-corrected chi connectivity index (χ2v) is 10.5. The lowest BCUT2D eigenvalue weighted by Crippen LogP contribution is -2.45. The number of carbonyl (C=O) groups excluding carboxylic acids is 1. The summed E-state index contributed by atoms with van der Waals surface area (Å²) in [5.74, 6) is -0.113. The fourth-order valence-corrected chi connectivity index (χ4v) is 4.16. The fraction of sp³-hybridized carbons (Fsp3) is 0.639. The van der Waals surface area contributed by atoms with Crippen LogP contribution in [-0.2, 0) is 4.79 Å². The number of nitrogens with one attached hydrogen (secondary N) is 1. The molecular weight excluding hydrogens is 494 g/mol. The number of aliphatic hydroxyl groups is 2. The molecule has 0 bridgehead atoms. The second kappa shape index (κ2) is 31.4. The van der Waals surface area contributed by atoms with Crippen molar-refractivity contribution in [2.75, 3.05) is 6.61 Å². The third-order valence-corrected chi connectivity index (χ3v) is 6.65. The molecule has 0 rings (SSSR count). The number of unbranched alkanes of at least 4 members (excludes halogenated alkanes) is 10. The molecule has 4 nitrogen and oxygen atoms in total. The van der Waals surface area contributed by atoms with Gasteiger partial charge in [0.15, 0.2) is 0 Å². The standard InChI is InChI=1S/C36H61NO3/c1-3-5-7-9-11-13-15-17-18-20-21-23-25-27-29-31-35(39)34(33-38)37-36(40)32-30-28-26-24-22-19-16-14-12-10-8-6-4-2/h6,8,12,14-15,17,19,21-23,29,31,34-35,38-39H,3-5,7,9-11,13,16,18,20,24-28,30,32-33H2,1-2H3,(H,37,40)/b8-6-,14-12-,17-15+,22-19-,23-21+,31-29+. The third kappa shape index (κ3) is 27.4. The molecule has 0 spiro atoms. The maximum absolute atomic E-state index is 12.2. The van der Waals surface area contributed by atoms with E-state index in [9.17, 15) is 15.0 Å². The summed E-state index contributed by atoms with van der Waals surface area (Å²) in [6.45, 7) is 4.11. The maximum atomic E-state index is 12.2. The number of hydrogen-bond donors (Lipinski definition) is 3. The lowest BCUT2D eigenvalue weighted by atomic mass is 10.1. The Kier molecular flexibility index (Phi) is 29.7. The smallest absolute Gasteiger partial charge is 0.220 e. The van der Waals surface area contributed by atoms with E-state index >= 15 is 0 Å². The maximum Gasteiger partial charge on any atom is 0.220 e. The number of carbonyl (C=O) groups is 1. The van der Waals surface area contributed by atoms with Crippen molar-refractivity contribution in [1.82, 2.24) is 5.32 Å². The Balaban J connectivity index is 3.85. The van der Waals surface area contributed by atoms with Gasteiger partial charge in [0.2, 0.25) is 5.91 Å². The molecule has 0 aromatic rings. The Morgan fingerprint density at radius 1 is 0.625 bits per heavy atom. The summed E-state index contributed by atoms with van der Waals surface area (Å²) >= 11 is 0. The highest BCUT2D eigenvalue weighted by molar-refractivity contribution is 5.76. The lowest BCUT2D eigenvalue weighted by molar-refractivity contribution is -0.123. The minimum Gasteiger partial charge on any atom is -0.394 e. The third-order valence-electron chi connectivity index (χ3n) is 6.65. The van der Waals surface area contributed by atoms with Gasteiger partial charge in [-0.05, 0) is 77.0 Å². The molecule has 0 heterocycles. The molecule has 228 valence electrons. The highest BCUT2D eigenvalue weighted by Gasteiger charge is 2.17. The molecule has 2 unspecified atom stereocenters. The van der Waals surface area contributed by atoms with Crippen LogP contribution in [-0.4, -0.2) is 34.9 Å². The SMILES string of the molecule is CC/C=C\C/C=C\C/C=C\CCCCCC(=O)NC(CO)C(O)/C=C/CC/C=C/CC/C=C/CCCCCCC. The lowest BCUT2D eigenvalue weighted by Gasteiger charge is -2.19. The number of aliphatic hydroxyl groups excluding tert-OH is 2. The zero-order chi connectivity index (χ0) is 29.4. The van der Waals surface area contributed by atoms with Gasteiger partial charge in [0.05, 0.1) is 18.8 Å². The fourth-order valence-electron chi connectivity index (χ4n) is 4.16. The van der Waals surface area contributed by atoms with Gasteiger partial charge in [0, 0.05) is 6.42 Å². The first-order chi connectivity index (χ1) is 19.7. The first-order valence-corrected chi connectivity index (χ1v) is 16.2. The Morgan fingerprint density at radius 3 is 1.73 bits per heavy atom. The molecule has 0 saturated heterocycles. The molecule has 4 heteroatoms. The first-order valence-electron chi connectivity index (χ1n) is 16.2. The van der Waals surface area contributed by atoms with Gasteiger partial charge >= 0.3 is 0 Å². The van der Waals surface area contributed by atoms with Crippen LogP contribution in [0.5, 0.6) is 0 Å². The van der Waals surface area contributed by atoms with E-state index in [1.54, 1.807) is 6.08 Å². The predicted molar refractivity (Wildman–Crippen MR) is 174 cm³/mol. The van der Waals surface area contributed by atoms with Crippen molar-refractivity contribution in [1.29, 1.82) is 0 Å². The summed E-state index contributed by atoms with van der Waals surface area (Å²) < 4.78 is 0. The molecule has 0 aliphatic carbocycles. The molecule has 0 aliphatic rings. The van der Waals surface area contributed by atoms with Gasteiger partial charge in [-0.15, -0.1) is 0 Å². The van der Waals surface area contributed by atoms with Crippen LogP contribution in [0.1, 0.15) is 129 Å². The van der Waals surface area contributed by atoms with Crippen molar-refractivity contribution >= 4 is 5.91 Å².